The Balaban J connectivity index is 2.18. The van der Waals surface area contributed by atoms with E-state index in [0.717, 1.165) is 5.56 Å². The molecule has 29 heavy (non-hydrogen) atoms. The summed E-state index contributed by atoms with van der Waals surface area (Å²) in [5.41, 5.74) is 1.24. The minimum atomic E-state index is -3.71. The number of ether oxygens (including phenoxy) is 1. The second-order valence-corrected chi connectivity index (χ2v) is 8.45. The summed E-state index contributed by atoms with van der Waals surface area (Å²) in [5.74, 6) is -0.942. The van der Waals surface area contributed by atoms with E-state index in [2.05, 4.69) is 10.1 Å². The largest absolute Gasteiger partial charge is 0.465 e. The fourth-order valence-electron chi connectivity index (χ4n) is 2.71. The van der Waals surface area contributed by atoms with Crippen molar-refractivity contribution in [1.29, 1.82) is 0 Å². The molecule has 0 fully saturated rings. The van der Waals surface area contributed by atoms with Gasteiger partial charge in [0.25, 0.3) is 5.91 Å². The van der Waals surface area contributed by atoms with E-state index < -0.39 is 21.9 Å². The van der Waals surface area contributed by atoms with Gasteiger partial charge in [-0.05, 0) is 35.9 Å². The SMILES string of the molecule is CCN(CC)S(=O)(=O)c1ccc(Cl)c(C(=O)NCc2ccc(C(=O)OC)cc2)c1. The van der Waals surface area contributed by atoms with Gasteiger partial charge in [-0.1, -0.05) is 37.6 Å². The minimum absolute atomic E-state index is 0.0122. The molecule has 0 saturated carbocycles. The Morgan fingerprint density at radius 1 is 1.07 bits per heavy atom. The first-order valence-corrected chi connectivity index (χ1v) is 10.8. The van der Waals surface area contributed by atoms with E-state index >= 15 is 0 Å². The molecule has 0 aliphatic rings. The van der Waals surface area contributed by atoms with Gasteiger partial charge in [0.05, 0.1) is 28.2 Å². The second-order valence-electron chi connectivity index (χ2n) is 6.10. The van der Waals surface area contributed by atoms with Crippen molar-refractivity contribution in [2.75, 3.05) is 20.2 Å². The summed E-state index contributed by atoms with van der Waals surface area (Å²) in [6, 6.07) is 10.6. The van der Waals surface area contributed by atoms with Gasteiger partial charge in [0, 0.05) is 19.6 Å². The maximum Gasteiger partial charge on any atom is 0.337 e. The van der Waals surface area contributed by atoms with Crippen molar-refractivity contribution in [3.05, 3.63) is 64.2 Å². The molecule has 0 aliphatic carbocycles. The Kier molecular flexibility index (Phi) is 7.78. The summed E-state index contributed by atoms with van der Waals surface area (Å²) in [4.78, 5) is 24.0. The molecule has 1 N–H and O–H groups in total. The van der Waals surface area contributed by atoms with Gasteiger partial charge in [0.2, 0.25) is 10.0 Å². The molecule has 0 atom stereocenters. The number of rotatable bonds is 8. The van der Waals surface area contributed by atoms with Gasteiger partial charge in [-0.3, -0.25) is 4.79 Å². The fraction of sp³-hybridized carbons (Fsp3) is 0.300. The Hall–Kier alpha value is -2.42. The molecular formula is C20H23ClN2O5S. The number of benzene rings is 2. The van der Waals surface area contributed by atoms with Crippen molar-refractivity contribution in [3.63, 3.8) is 0 Å². The molecule has 2 aromatic rings. The first-order chi connectivity index (χ1) is 13.7. The number of methoxy groups -OCH3 is 1. The van der Waals surface area contributed by atoms with Crippen LogP contribution in [-0.4, -0.2) is 44.8 Å². The Bertz CT molecular complexity index is 986. The Morgan fingerprint density at radius 3 is 2.24 bits per heavy atom. The average Bonchev–Trinajstić information content (AvgIpc) is 2.72. The zero-order valence-corrected chi connectivity index (χ0v) is 18.0. The number of carbonyl (C=O) groups excluding carboxylic acids is 2. The molecule has 9 heteroatoms. The number of nitrogens with one attached hydrogen (secondary N) is 1. The average molecular weight is 439 g/mol. The van der Waals surface area contributed by atoms with Crippen LogP contribution in [0.4, 0.5) is 0 Å². The lowest BCUT2D eigenvalue weighted by molar-refractivity contribution is 0.0600. The van der Waals surface area contributed by atoms with Crippen LogP contribution < -0.4 is 5.32 Å². The highest BCUT2D eigenvalue weighted by Gasteiger charge is 2.23. The number of esters is 1. The van der Waals surface area contributed by atoms with Gasteiger partial charge >= 0.3 is 5.97 Å². The normalized spacial score (nSPS) is 11.3. The Labute approximate surface area is 175 Å². The maximum atomic E-state index is 12.7. The molecule has 2 aromatic carbocycles. The van der Waals surface area contributed by atoms with Gasteiger partial charge in [0.1, 0.15) is 0 Å². The van der Waals surface area contributed by atoms with Crippen molar-refractivity contribution in [3.8, 4) is 0 Å². The standard InChI is InChI=1S/C20H23ClN2O5S/c1-4-23(5-2)29(26,27)16-10-11-18(21)17(12-16)19(24)22-13-14-6-8-15(9-7-14)20(25)28-3/h6-12H,4-5,13H2,1-3H3,(H,22,24). The molecule has 2 rings (SSSR count). The lowest BCUT2D eigenvalue weighted by atomic mass is 10.1. The van der Waals surface area contributed by atoms with Crippen LogP contribution in [0.2, 0.25) is 5.02 Å². The van der Waals surface area contributed by atoms with Crippen LogP contribution in [0.3, 0.4) is 0 Å². The van der Waals surface area contributed by atoms with E-state index in [9.17, 15) is 18.0 Å². The van der Waals surface area contributed by atoms with E-state index in [4.69, 9.17) is 11.6 Å². The topological polar surface area (TPSA) is 92.8 Å². The molecule has 0 radical (unpaired) electrons. The highest BCUT2D eigenvalue weighted by atomic mass is 35.5. The third-order valence-electron chi connectivity index (χ3n) is 4.35. The lowest BCUT2D eigenvalue weighted by Crippen LogP contribution is -2.31. The summed E-state index contributed by atoms with van der Waals surface area (Å²) in [5, 5.41) is 2.86. The molecule has 1 amide bonds. The molecular weight excluding hydrogens is 416 g/mol. The predicted octanol–water partition coefficient (Wildman–Crippen LogP) is 3.09. The number of hydrogen-bond donors (Lipinski definition) is 1. The summed E-state index contributed by atoms with van der Waals surface area (Å²) < 4.78 is 31.3. The molecule has 0 spiro atoms. The zero-order valence-electron chi connectivity index (χ0n) is 16.4. The lowest BCUT2D eigenvalue weighted by Gasteiger charge is -2.19. The molecule has 0 bridgehead atoms. The van der Waals surface area contributed by atoms with Crippen LogP contribution in [-0.2, 0) is 21.3 Å². The zero-order chi connectivity index (χ0) is 21.6. The van der Waals surface area contributed by atoms with Crippen molar-refractivity contribution < 1.29 is 22.7 Å². The van der Waals surface area contributed by atoms with Crippen molar-refractivity contribution in [2.24, 2.45) is 0 Å². The van der Waals surface area contributed by atoms with Crippen LogP contribution in [0.25, 0.3) is 0 Å². The molecule has 0 unspecified atom stereocenters. The molecule has 0 saturated heterocycles. The van der Waals surface area contributed by atoms with Gasteiger partial charge < -0.3 is 10.1 Å². The van der Waals surface area contributed by atoms with Crippen molar-refractivity contribution in [1.82, 2.24) is 9.62 Å². The van der Waals surface area contributed by atoms with E-state index in [0.29, 0.717) is 18.7 Å². The van der Waals surface area contributed by atoms with Gasteiger partial charge in [-0.25, -0.2) is 13.2 Å². The van der Waals surface area contributed by atoms with E-state index in [-0.39, 0.29) is 22.0 Å². The number of hydrogen-bond acceptors (Lipinski definition) is 5. The third kappa shape index (κ3) is 5.35. The van der Waals surface area contributed by atoms with Crippen LogP contribution >= 0.6 is 11.6 Å². The highest BCUT2D eigenvalue weighted by molar-refractivity contribution is 7.89. The minimum Gasteiger partial charge on any atom is -0.465 e. The van der Waals surface area contributed by atoms with Crippen LogP contribution in [0.5, 0.6) is 0 Å². The van der Waals surface area contributed by atoms with Gasteiger partial charge in [-0.15, -0.1) is 0 Å². The maximum absolute atomic E-state index is 12.7. The molecule has 0 aliphatic heterocycles. The first-order valence-electron chi connectivity index (χ1n) is 8.99. The van der Waals surface area contributed by atoms with Crippen LogP contribution in [0.15, 0.2) is 47.4 Å². The fourth-order valence-corrected chi connectivity index (χ4v) is 4.39. The number of halogens is 1. The summed E-state index contributed by atoms with van der Waals surface area (Å²) in [6.07, 6.45) is 0. The number of carbonyl (C=O) groups is 2. The number of sulfonamides is 1. The quantitative estimate of drug-likeness (QED) is 0.639. The highest BCUT2D eigenvalue weighted by Crippen LogP contribution is 2.23. The third-order valence-corrected chi connectivity index (χ3v) is 6.73. The van der Waals surface area contributed by atoms with E-state index in [1.54, 1.807) is 38.1 Å². The van der Waals surface area contributed by atoms with Crippen LogP contribution in [0.1, 0.15) is 40.1 Å². The van der Waals surface area contributed by atoms with Crippen LogP contribution in [0, 0.1) is 0 Å². The number of amides is 1. The van der Waals surface area contributed by atoms with Crippen molar-refractivity contribution >= 4 is 33.5 Å². The molecule has 156 valence electrons. The Morgan fingerprint density at radius 2 is 1.69 bits per heavy atom. The molecule has 0 heterocycles. The molecule has 0 aromatic heterocycles. The monoisotopic (exact) mass is 438 g/mol. The first kappa shape index (κ1) is 22.9. The van der Waals surface area contributed by atoms with Gasteiger partial charge in [-0.2, -0.15) is 4.31 Å². The smallest absolute Gasteiger partial charge is 0.337 e. The summed E-state index contributed by atoms with van der Waals surface area (Å²) in [6.45, 7) is 4.32. The second kappa shape index (κ2) is 9.87. The summed E-state index contributed by atoms with van der Waals surface area (Å²) in [7, 11) is -2.41. The molecule has 7 nitrogen and oxygen atoms in total. The number of nitrogens with zero attached hydrogens (tertiary/aromatic N) is 1. The summed E-state index contributed by atoms with van der Waals surface area (Å²) >= 11 is 6.12. The van der Waals surface area contributed by atoms with Crippen molar-refractivity contribution in [2.45, 2.75) is 25.3 Å². The van der Waals surface area contributed by atoms with E-state index in [1.165, 1.54) is 29.6 Å². The van der Waals surface area contributed by atoms with Gasteiger partial charge in [0.15, 0.2) is 0 Å². The predicted molar refractivity (Wildman–Crippen MR) is 111 cm³/mol. The van der Waals surface area contributed by atoms with E-state index in [1.807, 2.05) is 0 Å².